The smallest absolute Gasteiger partial charge is 0.331 e. The van der Waals surface area contributed by atoms with Gasteiger partial charge in [0.05, 0.1) is 6.10 Å². The van der Waals surface area contributed by atoms with Gasteiger partial charge in [0.1, 0.15) is 5.75 Å². The van der Waals surface area contributed by atoms with Crippen LogP contribution in [0, 0.1) is 0 Å². The van der Waals surface area contributed by atoms with E-state index in [4.69, 9.17) is 9.84 Å². The first-order valence-electron chi connectivity index (χ1n) is 5.29. The molecule has 0 aliphatic rings. The highest BCUT2D eigenvalue weighted by atomic mass is 16.5. The van der Waals surface area contributed by atoms with Gasteiger partial charge in [-0.15, -0.1) is 0 Å². The molecule has 16 heavy (non-hydrogen) atoms. The SMILES string of the molecule is CCC(C)OC(=O)/C=C/c1ccc(O)cc1. The molecule has 0 heterocycles. The van der Waals surface area contributed by atoms with Gasteiger partial charge < -0.3 is 9.84 Å². The second-order valence-corrected chi connectivity index (χ2v) is 3.58. The maximum Gasteiger partial charge on any atom is 0.331 e. The molecule has 0 aliphatic heterocycles. The van der Waals surface area contributed by atoms with Gasteiger partial charge in [0, 0.05) is 6.08 Å². The fourth-order valence-corrected chi connectivity index (χ4v) is 1.07. The van der Waals surface area contributed by atoms with E-state index < -0.39 is 0 Å². The minimum absolute atomic E-state index is 0.0584. The standard InChI is InChI=1S/C13H16O3/c1-3-10(2)16-13(15)9-6-11-4-7-12(14)8-5-11/h4-10,14H,3H2,1-2H3/b9-6+. The maximum atomic E-state index is 11.3. The molecule has 0 fully saturated rings. The van der Waals surface area contributed by atoms with Crippen LogP contribution in [-0.4, -0.2) is 17.2 Å². The summed E-state index contributed by atoms with van der Waals surface area (Å²) in [5, 5.41) is 9.07. The van der Waals surface area contributed by atoms with Crippen LogP contribution in [0.5, 0.6) is 5.75 Å². The first-order valence-corrected chi connectivity index (χ1v) is 5.29. The Morgan fingerprint density at radius 3 is 2.62 bits per heavy atom. The molecule has 0 aromatic heterocycles. The Morgan fingerprint density at radius 2 is 2.06 bits per heavy atom. The van der Waals surface area contributed by atoms with Crippen molar-refractivity contribution in [2.24, 2.45) is 0 Å². The molecule has 0 amide bonds. The number of hydrogen-bond acceptors (Lipinski definition) is 3. The summed E-state index contributed by atoms with van der Waals surface area (Å²) in [6.45, 7) is 3.81. The van der Waals surface area contributed by atoms with Crippen LogP contribution in [0.25, 0.3) is 6.08 Å². The Bertz CT molecular complexity index is 365. The monoisotopic (exact) mass is 220 g/mol. The van der Waals surface area contributed by atoms with Gasteiger partial charge in [-0.3, -0.25) is 0 Å². The molecule has 0 saturated heterocycles. The summed E-state index contributed by atoms with van der Waals surface area (Å²) in [6, 6.07) is 6.59. The third-order valence-electron chi connectivity index (χ3n) is 2.20. The molecule has 3 nitrogen and oxygen atoms in total. The van der Waals surface area contributed by atoms with Gasteiger partial charge in [-0.2, -0.15) is 0 Å². The zero-order valence-electron chi connectivity index (χ0n) is 9.51. The number of aromatic hydroxyl groups is 1. The van der Waals surface area contributed by atoms with Crippen molar-refractivity contribution in [2.75, 3.05) is 0 Å². The van der Waals surface area contributed by atoms with Crippen LogP contribution in [0.1, 0.15) is 25.8 Å². The average molecular weight is 220 g/mol. The molecule has 0 spiro atoms. The molecule has 0 saturated carbocycles. The summed E-state index contributed by atoms with van der Waals surface area (Å²) in [6.07, 6.45) is 3.79. The van der Waals surface area contributed by atoms with E-state index in [1.54, 1.807) is 30.3 Å². The number of esters is 1. The van der Waals surface area contributed by atoms with Gasteiger partial charge in [0.2, 0.25) is 0 Å². The van der Waals surface area contributed by atoms with Crippen LogP contribution >= 0.6 is 0 Å². The molecule has 1 aromatic rings. The van der Waals surface area contributed by atoms with Crippen LogP contribution in [-0.2, 0) is 9.53 Å². The first-order chi connectivity index (χ1) is 7.61. The first kappa shape index (κ1) is 12.3. The Morgan fingerprint density at radius 1 is 1.44 bits per heavy atom. The molecule has 86 valence electrons. The van der Waals surface area contributed by atoms with E-state index in [0.29, 0.717) is 0 Å². The third-order valence-corrected chi connectivity index (χ3v) is 2.20. The Hall–Kier alpha value is -1.77. The largest absolute Gasteiger partial charge is 0.508 e. The number of phenolic OH excluding ortho intramolecular Hbond substituents is 1. The number of phenols is 1. The highest BCUT2D eigenvalue weighted by Gasteiger charge is 2.02. The minimum atomic E-state index is -0.345. The number of carbonyl (C=O) groups excluding carboxylic acids is 1. The normalized spacial score (nSPS) is 12.6. The molecule has 1 rings (SSSR count). The van der Waals surface area contributed by atoms with Crippen molar-refractivity contribution in [3.8, 4) is 5.75 Å². The van der Waals surface area contributed by atoms with Crippen molar-refractivity contribution in [3.05, 3.63) is 35.9 Å². The fraction of sp³-hybridized carbons (Fsp3) is 0.308. The minimum Gasteiger partial charge on any atom is -0.508 e. The van der Waals surface area contributed by atoms with Crippen molar-refractivity contribution < 1.29 is 14.6 Å². The Kier molecular flexibility index (Phi) is 4.58. The molecule has 1 unspecified atom stereocenters. The lowest BCUT2D eigenvalue weighted by atomic mass is 10.2. The van der Waals surface area contributed by atoms with Crippen LogP contribution in [0.4, 0.5) is 0 Å². The van der Waals surface area contributed by atoms with E-state index >= 15 is 0 Å². The molecule has 0 aliphatic carbocycles. The van der Waals surface area contributed by atoms with Gasteiger partial charge in [0.25, 0.3) is 0 Å². The summed E-state index contributed by atoms with van der Waals surface area (Å²) < 4.78 is 5.07. The lowest BCUT2D eigenvalue weighted by Gasteiger charge is -2.07. The predicted molar refractivity (Wildman–Crippen MR) is 63.0 cm³/mol. The summed E-state index contributed by atoms with van der Waals surface area (Å²) in [4.78, 5) is 11.3. The second kappa shape index (κ2) is 5.95. The van der Waals surface area contributed by atoms with Gasteiger partial charge in [0.15, 0.2) is 0 Å². The lowest BCUT2D eigenvalue weighted by molar-refractivity contribution is -0.142. The van der Waals surface area contributed by atoms with E-state index in [9.17, 15) is 4.79 Å². The van der Waals surface area contributed by atoms with Crippen molar-refractivity contribution in [1.29, 1.82) is 0 Å². The van der Waals surface area contributed by atoms with Gasteiger partial charge >= 0.3 is 5.97 Å². The highest BCUT2D eigenvalue weighted by molar-refractivity contribution is 5.87. The molecule has 1 aromatic carbocycles. The van der Waals surface area contributed by atoms with Crippen molar-refractivity contribution in [3.63, 3.8) is 0 Å². The summed E-state index contributed by atoms with van der Waals surface area (Å²) in [7, 11) is 0. The Balaban J connectivity index is 2.53. The topological polar surface area (TPSA) is 46.5 Å². The molecular weight excluding hydrogens is 204 g/mol. The zero-order chi connectivity index (χ0) is 12.0. The number of rotatable bonds is 4. The summed E-state index contributed by atoms with van der Waals surface area (Å²) >= 11 is 0. The van der Waals surface area contributed by atoms with E-state index in [-0.39, 0.29) is 17.8 Å². The Labute approximate surface area is 95.4 Å². The second-order valence-electron chi connectivity index (χ2n) is 3.58. The van der Waals surface area contributed by atoms with Gasteiger partial charge in [-0.05, 0) is 37.1 Å². The predicted octanol–water partition coefficient (Wildman–Crippen LogP) is 2.75. The fourth-order valence-electron chi connectivity index (χ4n) is 1.07. The molecule has 0 bridgehead atoms. The van der Waals surface area contributed by atoms with Crippen molar-refractivity contribution >= 4 is 12.0 Å². The molecule has 1 N–H and O–H groups in total. The number of benzene rings is 1. The van der Waals surface area contributed by atoms with Gasteiger partial charge in [-0.25, -0.2) is 4.79 Å². The maximum absolute atomic E-state index is 11.3. The number of ether oxygens (including phenoxy) is 1. The molecule has 1 atom stereocenters. The average Bonchev–Trinajstić information content (AvgIpc) is 2.28. The third kappa shape index (κ3) is 4.17. The summed E-state index contributed by atoms with van der Waals surface area (Å²) in [5.41, 5.74) is 0.846. The van der Waals surface area contributed by atoms with Gasteiger partial charge in [-0.1, -0.05) is 19.1 Å². The van der Waals surface area contributed by atoms with Crippen LogP contribution in [0.15, 0.2) is 30.3 Å². The lowest BCUT2D eigenvalue weighted by Crippen LogP contribution is -2.11. The molecule has 0 radical (unpaired) electrons. The summed E-state index contributed by atoms with van der Waals surface area (Å²) in [5.74, 6) is -0.137. The number of hydrogen-bond donors (Lipinski definition) is 1. The number of carbonyl (C=O) groups is 1. The van der Waals surface area contributed by atoms with E-state index in [1.165, 1.54) is 6.08 Å². The van der Waals surface area contributed by atoms with Crippen LogP contribution < -0.4 is 0 Å². The van der Waals surface area contributed by atoms with E-state index in [1.807, 2.05) is 13.8 Å². The van der Waals surface area contributed by atoms with Crippen LogP contribution in [0.3, 0.4) is 0 Å². The molecular formula is C13H16O3. The van der Waals surface area contributed by atoms with Crippen LogP contribution in [0.2, 0.25) is 0 Å². The molecule has 3 heteroatoms. The zero-order valence-corrected chi connectivity index (χ0v) is 9.51. The van der Waals surface area contributed by atoms with E-state index in [0.717, 1.165) is 12.0 Å². The van der Waals surface area contributed by atoms with Crippen molar-refractivity contribution in [1.82, 2.24) is 0 Å². The van der Waals surface area contributed by atoms with Crippen molar-refractivity contribution in [2.45, 2.75) is 26.4 Å². The highest BCUT2D eigenvalue weighted by Crippen LogP contribution is 2.10. The quantitative estimate of drug-likeness (QED) is 0.627. The van der Waals surface area contributed by atoms with E-state index in [2.05, 4.69) is 0 Å².